The van der Waals surface area contributed by atoms with Gasteiger partial charge in [-0.15, -0.1) is 0 Å². The van der Waals surface area contributed by atoms with Crippen molar-refractivity contribution >= 4 is 34.4 Å². The monoisotopic (exact) mass is 447 g/mol. The Morgan fingerprint density at radius 3 is 2.36 bits per heavy atom. The van der Waals surface area contributed by atoms with Crippen LogP contribution in [0.15, 0.2) is 59.4 Å². The number of rotatable bonds is 5. The van der Waals surface area contributed by atoms with Crippen molar-refractivity contribution in [3.8, 4) is 0 Å². The van der Waals surface area contributed by atoms with Crippen molar-refractivity contribution in [3.05, 3.63) is 76.1 Å². The molecule has 2 heterocycles. The number of benzene rings is 2. The summed E-state index contributed by atoms with van der Waals surface area (Å²) in [6, 6.07) is 14.7. The fourth-order valence-electron chi connectivity index (χ4n) is 4.09. The topological polar surface area (TPSA) is 97.7 Å². The van der Waals surface area contributed by atoms with Gasteiger partial charge < -0.3 is 15.0 Å². The summed E-state index contributed by atoms with van der Waals surface area (Å²) in [4.78, 5) is 52.1. The lowest BCUT2D eigenvalue weighted by Gasteiger charge is -2.27. The van der Waals surface area contributed by atoms with Crippen LogP contribution in [-0.2, 0) is 16.1 Å². The summed E-state index contributed by atoms with van der Waals surface area (Å²) in [5.74, 6) is -1.02. The zero-order chi connectivity index (χ0) is 23.4. The summed E-state index contributed by atoms with van der Waals surface area (Å²) in [6.45, 7) is 1.16. The molecule has 1 N–H and O–H groups in total. The predicted octanol–water partition coefficient (Wildman–Crippen LogP) is 3.05. The minimum absolute atomic E-state index is 0.148. The number of nitrogens with zero attached hydrogens (tertiary/aromatic N) is 2. The van der Waals surface area contributed by atoms with Gasteiger partial charge in [0.2, 0.25) is 5.91 Å². The van der Waals surface area contributed by atoms with E-state index in [0.29, 0.717) is 40.8 Å². The van der Waals surface area contributed by atoms with Crippen molar-refractivity contribution in [2.24, 2.45) is 0 Å². The lowest BCUT2D eigenvalue weighted by Crippen LogP contribution is -2.37. The van der Waals surface area contributed by atoms with Crippen LogP contribution in [0.2, 0.25) is 0 Å². The minimum Gasteiger partial charge on any atom is -0.465 e. The number of esters is 1. The highest BCUT2D eigenvalue weighted by molar-refractivity contribution is 6.06. The van der Waals surface area contributed by atoms with Crippen LogP contribution in [0.5, 0.6) is 0 Å². The van der Waals surface area contributed by atoms with Gasteiger partial charge >= 0.3 is 5.97 Å². The Labute approximate surface area is 190 Å². The Balaban J connectivity index is 1.59. The SMILES string of the molecule is COC(=O)c1ccc(NC(=O)Cn2c(=O)cc(C(=O)N3CCCCC3)c3ccccc32)cc1. The van der Waals surface area contributed by atoms with Gasteiger partial charge in [-0.3, -0.25) is 19.0 Å². The number of fused-ring (bicyclic) bond motifs is 1. The maximum absolute atomic E-state index is 13.1. The van der Waals surface area contributed by atoms with E-state index in [1.54, 1.807) is 47.4 Å². The summed E-state index contributed by atoms with van der Waals surface area (Å²) in [5.41, 5.74) is 1.34. The van der Waals surface area contributed by atoms with Gasteiger partial charge in [-0.1, -0.05) is 18.2 Å². The molecule has 2 amide bonds. The number of aromatic nitrogens is 1. The molecule has 8 heteroatoms. The van der Waals surface area contributed by atoms with Gasteiger partial charge in [0.25, 0.3) is 11.5 Å². The van der Waals surface area contributed by atoms with E-state index >= 15 is 0 Å². The summed E-state index contributed by atoms with van der Waals surface area (Å²) in [5, 5.41) is 3.37. The van der Waals surface area contributed by atoms with Crippen molar-refractivity contribution in [2.45, 2.75) is 25.8 Å². The standard InChI is InChI=1S/C25H25N3O5/c1-33-25(32)17-9-11-18(12-10-17)26-22(29)16-28-21-8-4-3-7-19(21)20(15-23(28)30)24(31)27-13-5-2-6-14-27/h3-4,7-12,15H,2,5-6,13-14,16H2,1H3,(H,26,29). The van der Waals surface area contributed by atoms with Gasteiger partial charge in [-0.25, -0.2) is 4.79 Å². The summed E-state index contributed by atoms with van der Waals surface area (Å²) < 4.78 is 6.03. The molecule has 0 saturated carbocycles. The van der Waals surface area contributed by atoms with Crippen LogP contribution >= 0.6 is 0 Å². The number of hydrogen-bond donors (Lipinski definition) is 1. The normalized spacial score (nSPS) is 13.5. The number of amides is 2. The van der Waals surface area contributed by atoms with E-state index in [9.17, 15) is 19.2 Å². The van der Waals surface area contributed by atoms with Crippen LogP contribution in [0.3, 0.4) is 0 Å². The van der Waals surface area contributed by atoms with E-state index in [0.717, 1.165) is 19.3 Å². The van der Waals surface area contributed by atoms with Crippen molar-refractivity contribution in [1.82, 2.24) is 9.47 Å². The van der Waals surface area contributed by atoms with Crippen LogP contribution in [0, 0.1) is 0 Å². The molecule has 0 spiro atoms. The van der Waals surface area contributed by atoms with E-state index in [4.69, 9.17) is 0 Å². The first-order valence-electron chi connectivity index (χ1n) is 10.9. The molecule has 1 aliphatic rings. The van der Waals surface area contributed by atoms with Crippen LogP contribution in [-0.4, -0.2) is 47.4 Å². The van der Waals surface area contributed by atoms with Gasteiger partial charge in [0.05, 0.1) is 23.8 Å². The highest BCUT2D eigenvalue weighted by atomic mass is 16.5. The number of pyridine rings is 1. The van der Waals surface area contributed by atoms with E-state index in [1.165, 1.54) is 17.7 Å². The number of piperidine rings is 1. The molecular formula is C25H25N3O5. The molecule has 1 aliphatic heterocycles. The van der Waals surface area contributed by atoms with Crippen LogP contribution in [0.4, 0.5) is 5.69 Å². The van der Waals surface area contributed by atoms with Gasteiger partial charge in [-0.05, 0) is 49.6 Å². The number of methoxy groups -OCH3 is 1. The maximum Gasteiger partial charge on any atom is 0.337 e. The minimum atomic E-state index is -0.468. The fourth-order valence-corrected chi connectivity index (χ4v) is 4.09. The van der Waals surface area contributed by atoms with E-state index in [2.05, 4.69) is 10.1 Å². The van der Waals surface area contributed by atoms with Crippen LogP contribution in [0.25, 0.3) is 10.9 Å². The molecule has 1 fully saturated rings. The fraction of sp³-hybridized carbons (Fsp3) is 0.280. The molecule has 1 saturated heterocycles. The molecule has 0 unspecified atom stereocenters. The highest BCUT2D eigenvalue weighted by Gasteiger charge is 2.22. The zero-order valence-corrected chi connectivity index (χ0v) is 18.4. The Morgan fingerprint density at radius 2 is 1.67 bits per heavy atom. The first-order valence-corrected chi connectivity index (χ1v) is 10.9. The highest BCUT2D eigenvalue weighted by Crippen LogP contribution is 2.21. The third kappa shape index (κ3) is 4.79. The summed E-state index contributed by atoms with van der Waals surface area (Å²) >= 11 is 0. The molecule has 3 aromatic rings. The van der Waals surface area contributed by atoms with E-state index in [1.807, 2.05) is 6.07 Å². The molecule has 0 aliphatic carbocycles. The smallest absolute Gasteiger partial charge is 0.337 e. The van der Waals surface area contributed by atoms with Gasteiger partial charge in [-0.2, -0.15) is 0 Å². The van der Waals surface area contributed by atoms with Crippen molar-refractivity contribution in [1.29, 1.82) is 0 Å². The zero-order valence-electron chi connectivity index (χ0n) is 18.4. The van der Waals surface area contributed by atoms with Crippen molar-refractivity contribution < 1.29 is 19.1 Å². The lowest BCUT2D eigenvalue weighted by molar-refractivity contribution is -0.116. The first-order chi connectivity index (χ1) is 16.0. The molecule has 170 valence electrons. The number of para-hydroxylation sites is 1. The average Bonchev–Trinajstić information content (AvgIpc) is 2.85. The summed E-state index contributed by atoms with van der Waals surface area (Å²) in [6.07, 6.45) is 3.02. The number of likely N-dealkylation sites (tertiary alicyclic amines) is 1. The van der Waals surface area contributed by atoms with Crippen molar-refractivity contribution in [2.75, 3.05) is 25.5 Å². The second kappa shape index (κ2) is 9.68. The molecule has 4 rings (SSSR count). The van der Waals surface area contributed by atoms with Gasteiger partial charge in [0.15, 0.2) is 0 Å². The quantitative estimate of drug-likeness (QED) is 0.607. The predicted molar refractivity (Wildman–Crippen MR) is 124 cm³/mol. The summed E-state index contributed by atoms with van der Waals surface area (Å²) in [7, 11) is 1.30. The molecule has 1 aromatic heterocycles. The van der Waals surface area contributed by atoms with Crippen LogP contribution in [0.1, 0.15) is 40.0 Å². The lowest BCUT2D eigenvalue weighted by atomic mass is 10.0. The second-order valence-electron chi connectivity index (χ2n) is 7.97. The molecular weight excluding hydrogens is 422 g/mol. The Bertz CT molecular complexity index is 1260. The number of anilines is 1. The maximum atomic E-state index is 13.1. The van der Waals surface area contributed by atoms with Crippen molar-refractivity contribution in [3.63, 3.8) is 0 Å². The van der Waals surface area contributed by atoms with E-state index in [-0.39, 0.29) is 12.5 Å². The van der Waals surface area contributed by atoms with Gasteiger partial charge in [0.1, 0.15) is 6.54 Å². The molecule has 2 aromatic carbocycles. The van der Waals surface area contributed by atoms with Gasteiger partial charge in [0, 0.05) is 30.2 Å². The number of hydrogen-bond acceptors (Lipinski definition) is 5. The molecule has 0 radical (unpaired) electrons. The molecule has 0 bridgehead atoms. The largest absolute Gasteiger partial charge is 0.465 e. The molecule has 8 nitrogen and oxygen atoms in total. The number of carbonyl (C=O) groups is 3. The number of ether oxygens (including phenoxy) is 1. The molecule has 0 atom stereocenters. The second-order valence-corrected chi connectivity index (χ2v) is 7.97. The first kappa shape index (κ1) is 22.3. The average molecular weight is 447 g/mol. The number of nitrogens with one attached hydrogen (secondary N) is 1. The Hall–Kier alpha value is -3.94. The molecule has 33 heavy (non-hydrogen) atoms. The Morgan fingerprint density at radius 1 is 0.970 bits per heavy atom. The van der Waals surface area contributed by atoms with Crippen LogP contribution < -0.4 is 10.9 Å². The number of carbonyl (C=O) groups excluding carboxylic acids is 3. The third-order valence-electron chi connectivity index (χ3n) is 5.78. The van der Waals surface area contributed by atoms with E-state index < -0.39 is 17.4 Å². The third-order valence-corrected chi connectivity index (χ3v) is 5.78. The Kier molecular flexibility index (Phi) is 6.53.